The lowest BCUT2D eigenvalue weighted by Crippen LogP contribution is -2.49. The number of likely N-dealkylation sites (tertiary alicyclic amines) is 1. The van der Waals surface area contributed by atoms with Crippen LogP contribution in [-0.2, 0) is 19.7 Å². The van der Waals surface area contributed by atoms with Gasteiger partial charge in [-0.2, -0.15) is 17.0 Å². The Balaban J connectivity index is 1.78. The first kappa shape index (κ1) is 17.1. The second-order valence-electron chi connectivity index (χ2n) is 6.43. The number of aliphatic hydroxyl groups excluding tert-OH is 1. The predicted molar refractivity (Wildman–Crippen MR) is 80.0 cm³/mol. The van der Waals surface area contributed by atoms with Crippen molar-refractivity contribution >= 4 is 16.2 Å². The average Bonchev–Trinajstić information content (AvgIpc) is 3.04. The number of hydrogen-bond donors (Lipinski definition) is 2. The van der Waals surface area contributed by atoms with Crippen LogP contribution in [0.1, 0.15) is 0 Å². The topological polar surface area (TPSA) is 111 Å². The molecule has 0 aromatic carbocycles. The van der Waals surface area contributed by atoms with E-state index in [0.29, 0.717) is 39.4 Å². The van der Waals surface area contributed by atoms with E-state index in [-0.39, 0.29) is 32.2 Å². The van der Waals surface area contributed by atoms with Crippen LogP contribution in [-0.4, -0.2) is 104 Å². The Hall–Kier alpha value is -0.780. The second-order valence-corrected chi connectivity index (χ2v) is 8.36. The van der Waals surface area contributed by atoms with Crippen molar-refractivity contribution in [2.45, 2.75) is 0 Å². The van der Waals surface area contributed by atoms with Gasteiger partial charge >= 0.3 is 5.97 Å². The van der Waals surface area contributed by atoms with Crippen LogP contribution in [0, 0.1) is 11.3 Å². The third kappa shape index (κ3) is 2.87. The molecule has 0 radical (unpaired) electrons. The molecular formula is C13H23N3O6S. The first-order chi connectivity index (χ1) is 10.9. The van der Waals surface area contributed by atoms with Crippen LogP contribution in [0.5, 0.6) is 0 Å². The van der Waals surface area contributed by atoms with Crippen molar-refractivity contribution in [1.29, 1.82) is 0 Å². The summed E-state index contributed by atoms with van der Waals surface area (Å²) in [4.78, 5) is 13.8. The van der Waals surface area contributed by atoms with E-state index < -0.39 is 21.6 Å². The standard InChI is InChI=1S/C13H23N3O6S/c17-4-1-14-7-11-8-16(10-13(11,9-14)12(18)19)23(20,21)15-2-5-22-6-3-15/h11,17H,1-10H2,(H,18,19)/t11-,13-/m0/s1. The Morgan fingerprint density at radius 3 is 2.43 bits per heavy atom. The van der Waals surface area contributed by atoms with Gasteiger partial charge in [-0.25, -0.2) is 0 Å². The number of β-amino-alcohol motifs (C(OH)–C–C–N with tert-alkyl or cyclic N) is 1. The van der Waals surface area contributed by atoms with Gasteiger partial charge < -0.3 is 14.9 Å². The Kier molecular flexibility index (Phi) is 4.64. The summed E-state index contributed by atoms with van der Waals surface area (Å²) < 4.78 is 33.4. The molecule has 3 heterocycles. The van der Waals surface area contributed by atoms with Gasteiger partial charge in [0.1, 0.15) is 0 Å². The minimum absolute atomic E-state index is 0.00534. The van der Waals surface area contributed by atoms with Crippen molar-refractivity contribution < 1.29 is 28.2 Å². The number of nitrogens with zero attached hydrogens (tertiary/aromatic N) is 3. The van der Waals surface area contributed by atoms with Crippen LogP contribution in [0.25, 0.3) is 0 Å². The van der Waals surface area contributed by atoms with E-state index in [1.54, 1.807) is 0 Å². The fourth-order valence-corrected chi connectivity index (χ4v) is 5.55. The van der Waals surface area contributed by atoms with Crippen LogP contribution >= 0.6 is 0 Å². The molecule has 3 aliphatic heterocycles. The Labute approximate surface area is 135 Å². The third-order valence-corrected chi connectivity index (χ3v) is 7.06. The molecule has 0 aromatic rings. The molecule has 9 nitrogen and oxygen atoms in total. The number of morpholine rings is 1. The average molecular weight is 349 g/mol. The largest absolute Gasteiger partial charge is 0.481 e. The lowest BCUT2D eigenvalue weighted by molar-refractivity contribution is -0.148. The fraction of sp³-hybridized carbons (Fsp3) is 0.923. The summed E-state index contributed by atoms with van der Waals surface area (Å²) in [7, 11) is -3.65. The van der Waals surface area contributed by atoms with Crippen molar-refractivity contribution in [1.82, 2.24) is 13.5 Å². The first-order valence-corrected chi connectivity index (χ1v) is 9.19. The van der Waals surface area contributed by atoms with Gasteiger partial charge in [-0.3, -0.25) is 9.69 Å². The zero-order valence-electron chi connectivity index (χ0n) is 12.9. The summed E-state index contributed by atoms with van der Waals surface area (Å²) in [6, 6.07) is 0. The Morgan fingerprint density at radius 1 is 1.17 bits per heavy atom. The van der Waals surface area contributed by atoms with Crippen LogP contribution in [0.4, 0.5) is 0 Å². The van der Waals surface area contributed by atoms with Gasteiger partial charge in [0.2, 0.25) is 0 Å². The van der Waals surface area contributed by atoms with Gasteiger partial charge in [-0.15, -0.1) is 0 Å². The first-order valence-electron chi connectivity index (χ1n) is 7.80. The van der Waals surface area contributed by atoms with E-state index in [4.69, 9.17) is 9.84 Å². The highest BCUT2D eigenvalue weighted by Crippen LogP contribution is 2.44. The van der Waals surface area contributed by atoms with E-state index in [0.717, 1.165) is 0 Å². The Morgan fingerprint density at radius 2 is 1.87 bits per heavy atom. The number of ether oxygens (including phenoxy) is 1. The molecule has 10 heteroatoms. The number of fused-ring (bicyclic) bond motifs is 1. The molecular weight excluding hydrogens is 326 g/mol. The van der Waals surface area contributed by atoms with Crippen molar-refractivity contribution in [2.75, 3.05) is 65.6 Å². The van der Waals surface area contributed by atoms with Crippen molar-refractivity contribution in [3.05, 3.63) is 0 Å². The van der Waals surface area contributed by atoms with Gasteiger partial charge in [-0.05, 0) is 0 Å². The second kappa shape index (κ2) is 6.26. The predicted octanol–water partition coefficient (Wildman–Crippen LogP) is -2.13. The van der Waals surface area contributed by atoms with Gasteiger partial charge in [0.25, 0.3) is 10.2 Å². The number of aliphatic carboxylic acids is 1. The number of carboxylic acids is 1. The molecule has 0 aliphatic carbocycles. The van der Waals surface area contributed by atoms with E-state index in [1.165, 1.54) is 8.61 Å². The summed E-state index contributed by atoms with van der Waals surface area (Å²) >= 11 is 0. The molecule has 3 fully saturated rings. The number of carboxylic acid groups (broad SMARTS) is 1. The summed E-state index contributed by atoms with van der Waals surface area (Å²) in [5.74, 6) is -1.20. The van der Waals surface area contributed by atoms with Gasteiger partial charge in [0, 0.05) is 51.7 Å². The molecule has 2 atom stereocenters. The van der Waals surface area contributed by atoms with Gasteiger partial charge in [0.15, 0.2) is 0 Å². The van der Waals surface area contributed by atoms with Crippen molar-refractivity contribution in [2.24, 2.45) is 11.3 Å². The number of carbonyl (C=O) groups is 1. The van der Waals surface area contributed by atoms with Crippen LogP contribution in [0.2, 0.25) is 0 Å². The SMILES string of the molecule is O=C(O)[C@]12CN(CCO)C[C@H]1CN(S(=O)(=O)N1CCOCC1)C2. The minimum atomic E-state index is -3.65. The maximum Gasteiger partial charge on any atom is 0.312 e. The highest BCUT2D eigenvalue weighted by molar-refractivity contribution is 7.86. The molecule has 0 unspecified atom stereocenters. The maximum absolute atomic E-state index is 12.7. The number of rotatable bonds is 5. The van der Waals surface area contributed by atoms with Crippen LogP contribution < -0.4 is 0 Å². The molecule has 0 spiro atoms. The van der Waals surface area contributed by atoms with Crippen LogP contribution in [0.3, 0.4) is 0 Å². The summed E-state index contributed by atoms with van der Waals surface area (Å²) in [5, 5.41) is 18.8. The fourth-order valence-electron chi connectivity index (χ4n) is 3.85. The normalized spacial score (nSPS) is 33.9. The molecule has 0 amide bonds. The number of aliphatic hydroxyl groups is 1. The molecule has 2 N–H and O–H groups in total. The maximum atomic E-state index is 12.7. The quantitative estimate of drug-likeness (QED) is 0.583. The number of hydrogen-bond acceptors (Lipinski definition) is 6. The van der Waals surface area contributed by atoms with Crippen LogP contribution in [0.15, 0.2) is 0 Å². The smallest absolute Gasteiger partial charge is 0.312 e. The lowest BCUT2D eigenvalue weighted by Gasteiger charge is -2.31. The zero-order chi connectivity index (χ0) is 16.7. The molecule has 3 saturated heterocycles. The monoisotopic (exact) mass is 349 g/mol. The molecule has 3 aliphatic rings. The summed E-state index contributed by atoms with van der Waals surface area (Å²) in [6.07, 6.45) is 0. The minimum Gasteiger partial charge on any atom is -0.481 e. The van der Waals surface area contributed by atoms with Gasteiger partial charge in [0.05, 0.1) is 25.2 Å². The van der Waals surface area contributed by atoms with E-state index in [2.05, 4.69) is 0 Å². The summed E-state index contributed by atoms with van der Waals surface area (Å²) in [5.41, 5.74) is -1.07. The zero-order valence-corrected chi connectivity index (χ0v) is 13.7. The van der Waals surface area contributed by atoms with Crippen molar-refractivity contribution in [3.8, 4) is 0 Å². The molecule has 0 bridgehead atoms. The van der Waals surface area contributed by atoms with E-state index >= 15 is 0 Å². The highest BCUT2D eigenvalue weighted by atomic mass is 32.2. The summed E-state index contributed by atoms with van der Waals surface area (Å²) in [6.45, 7) is 2.73. The lowest BCUT2D eigenvalue weighted by atomic mass is 9.81. The third-order valence-electron chi connectivity index (χ3n) is 5.11. The highest BCUT2D eigenvalue weighted by Gasteiger charge is 2.59. The molecule has 3 rings (SSSR count). The van der Waals surface area contributed by atoms with Crippen molar-refractivity contribution in [3.63, 3.8) is 0 Å². The Bertz CT molecular complexity index is 564. The van der Waals surface area contributed by atoms with Gasteiger partial charge in [-0.1, -0.05) is 0 Å². The van der Waals surface area contributed by atoms with E-state index in [1.807, 2.05) is 4.90 Å². The molecule has 132 valence electrons. The molecule has 23 heavy (non-hydrogen) atoms. The molecule has 0 saturated carbocycles. The molecule has 0 aromatic heterocycles. The van der Waals surface area contributed by atoms with E-state index in [9.17, 15) is 18.3 Å².